The van der Waals surface area contributed by atoms with Crippen LogP contribution < -0.4 is 5.32 Å². The van der Waals surface area contributed by atoms with Crippen molar-refractivity contribution < 1.29 is 18.0 Å². The van der Waals surface area contributed by atoms with Gasteiger partial charge in [-0.2, -0.15) is 5.10 Å². The predicted octanol–water partition coefficient (Wildman–Crippen LogP) is 2.26. The summed E-state index contributed by atoms with van der Waals surface area (Å²) in [6.07, 6.45) is 9.67. The van der Waals surface area contributed by atoms with E-state index in [0.717, 1.165) is 24.2 Å². The lowest BCUT2D eigenvalue weighted by Crippen LogP contribution is -2.57. The largest absolute Gasteiger partial charge is 0.348 e. The van der Waals surface area contributed by atoms with Crippen LogP contribution in [0, 0.1) is 23.2 Å². The second-order valence-electron chi connectivity index (χ2n) is 10.6. The minimum atomic E-state index is -3.12. The Hall–Kier alpha value is -1.44. The molecule has 4 aliphatic carbocycles. The lowest BCUT2D eigenvalue weighted by atomic mass is 9.47. The molecular weight excluding hydrogens is 402 g/mol. The number of nitrogens with zero attached hydrogens (tertiary/aromatic N) is 2. The number of rotatable bonds is 5. The summed E-state index contributed by atoms with van der Waals surface area (Å²) in [6, 6.07) is -0.283. The molecule has 30 heavy (non-hydrogen) atoms. The predicted molar refractivity (Wildman–Crippen MR) is 113 cm³/mol. The van der Waals surface area contributed by atoms with Crippen molar-refractivity contribution in [3.63, 3.8) is 0 Å². The smallest absolute Gasteiger partial charge is 0.267 e. The van der Waals surface area contributed by atoms with Crippen LogP contribution in [0.4, 0.5) is 0 Å². The maximum absolute atomic E-state index is 13.2. The Morgan fingerprint density at radius 1 is 1.17 bits per heavy atom. The summed E-state index contributed by atoms with van der Waals surface area (Å²) in [5.74, 6) is 2.16. The fraction of sp³-hybridized carbons (Fsp3) is 0.864. The van der Waals surface area contributed by atoms with E-state index in [2.05, 4.69) is 17.3 Å². The van der Waals surface area contributed by atoms with Crippen molar-refractivity contribution in [3.05, 3.63) is 0 Å². The van der Waals surface area contributed by atoms with Gasteiger partial charge in [0.2, 0.25) is 5.91 Å². The molecule has 4 saturated carbocycles. The standard InChI is InChI=1S/C22H33N3O4S/c1-2-19(22-10-14-7-15(11-22)9-16(8-14)12-22)23-21(27)18-3-4-20(26)25(24-18)17-5-6-30(28,29)13-17/h14-17,19H,2-13H2,1H3,(H,23,27)/t14?,15?,16?,17-,19-,22?/m1/s1. The van der Waals surface area contributed by atoms with Crippen molar-refractivity contribution in [2.75, 3.05) is 11.5 Å². The highest BCUT2D eigenvalue weighted by molar-refractivity contribution is 7.91. The number of nitrogens with one attached hydrogen (secondary N) is 1. The van der Waals surface area contributed by atoms with E-state index in [1.807, 2.05) is 0 Å². The van der Waals surface area contributed by atoms with Crippen LogP contribution in [-0.2, 0) is 19.4 Å². The highest BCUT2D eigenvalue weighted by Gasteiger charge is 2.54. The first-order chi connectivity index (χ1) is 14.3. The van der Waals surface area contributed by atoms with Gasteiger partial charge in [0, 0.05) is 18.9 Å². The van der Waals surface area contributed by atoms with Crippen molar-refractivity contribution in [1.29, 1.82) is 0 Å². The monoisotopic (exact) mass is 435 g/mol. The van der Waals surface area contributed by atoms with E-state index in [-0.39, 0.29) is 41.2 Å². The van der Waals surface area contributed by atoms with E-state index in [9.17, 15) is 18.0 Å². The third kappa shape index (κ3) is 3.59. The van der Waals surface area contributed by atoms with Crippen molar-refractivity contribution in [2.24, 2.45) is 28.3 Å². The average Bonchev–Trinajstić information content (AvgIpc) is 3.04. The number of carbonyl (C=O) groups is 2. The normalized spacial score (nSPS) is 40.4. The Morgan fingerprint density at radius 2 is 1.80 bits per heavy atom. The Labute approximate surface area is 178 Å². The van der Waals surface area contributed by atoms with E-state index >= 15 is 0 Å². The Balaban J connectivity index is 1.31. The fourth-order valence-electron chi connectivity index (χ4n) is 7.52. The molecule has 2 aliphatic heterocycles. The quantitative estimate of drug-likeness (QED) is 0.716. The molecule has 0 radical (unpaired) electrons. The van der Waals surface area contributed by atoms with E-state index in [1.165, 1.54) is 43.5 Å². The first-order valence-electron chi connectivity index (χ1n) is 11.7. The van der Waals surface area contributed by atoms with E-state index < -0.39 is 15.9 Å². The molecule has 0 aromatic heterocycles. The van der Waals surface area contributed by atoms with Crippen LogP contribution in [0.5, 0.6) is 0 Å². The molecule has 2 heterocycles. The summed E-state index contributed by atoms with van der Waals surface area (Å²) in [5.41, 5.74) is 0.603. The number of hydrogen-bond acceptors (Lipinski definition) is 5. The van der Waals surface area contributed by atoms with Gasteiger partial charge in [-0.15, -0.1) is 0 Å². The first-order valence-corrected chi connectivity index (χ1v) is 13.5. The van der Waals surface area contributed by atoms with Crippen LogP contribution in [0.1, 0.15) is 71.1 Å². The lowest BCUT2D eigenvalue weighted by Gasteiger charge is -2.59. The maximum atomic E-state index is 13.2. The lowest BCUT2D eigenvalue weighted by molar-refractivity contribution is -0.133. The minimum absolute atomic E-state index is 0.0536. The SMILES string of the molecule is CC[C@@H](NC(=O)C1=NN([C@@H]2CCS(=O)(=O)C2)C(=O)CC1)C12CC3CC(CC(C3)C1)C2. The average molecular weight is 436 g/mol. The molecule has 7 nitrogen and oxygen atoms in total. The molecule has 2 atom stereocenters. The van der Waals surface area contributed by atoms with Gasteiger partial charge < -0.3 is 5.32 Å². The van der Waals surface area contributed by atoms with Crippen molar-refractivity contribution in [2.45, 2.75) is 83.2 Å². The van der Waals surface area contributed by atoms with Gasteiger partial charge in [0.25, 0.3) is 5.91 Å². The molecule has 2 amide bonds. The minimum Gasteiger partial charge on any atom is -0.348 e. The number of sulfone groups is 1. The zero-order valence-corrected chi connectivity index (χ0v) is 18.6. The Kier molecular flexibility index (Phi) is 4.99. The highest BCUT2D eigenvalue weighted by atomic mass is 32.2. The van der Waals surface area contributed by atoms with Gasteiger partial charge in [-0.3, -0.25) is 9.59 Å². The molecule has 5 fully saturated rings. The van der Waals surface area contributed by atoms with Gasteiger partial charge in [-0.1, -0.05) is 6.92 Å². The van der Waals surface area contributed by atoms with Gasteiger partial charge >= 0.3 is 0 Å². The summed E-state index contributed by atoms with van der Waals surface area (Å²) in [4.78, 5) is 25.5. The van der Waals surface area contributed by atoms with Crippen LogP contribution >= 0.6 is 0 Å². The Morgan fingerprint density at radius 3 is 2.33 bits per heavy atom. The van der Waals surface area contributed by atoms with Crippen molar-refractivity contribution in [1.82, 2.24) is 10.3 Å². The molecule has 6 aliphatic rings. The molecule has 8 heteroatoms. The van der Waals surface area contributed by atoms with Crippen LogP contribution in [0.3, 0.4) is 0 Å². The van der Waals surface area contributed by atoms with Gasteiger partial charge in [0.05, 0.1) is 17.5 Å². The number of carbonyl (C=O) groups excluding carboxylic acids is 2. The third-order valence-electron chi connectivity index (χ3n) is 8.41. The van der Waals surface area contributed by atoms with Gasteiger partial charge in [-0.25, -0.2) is 13.4 Å². The van der Waals surface area contributed by atoms with Gasteiger partial charge in [0.1, 0.15) is 5.71 Å². The fourth-order valence-corrected chi connectivity index (χ4v) is 9.21. The van der Waals surface area contributed by atoms with Crippen LogP contribution in [0.25, 0.3) is 0 Å². The molecule has 0 aromatic rings. The van der Waals surface area contributed by atoms with Crippen molar-refractivity contribution in [3.8, 4) is 0 Å². The molecule has 166 valence electrons. The highest BCUT2D eigenvalue weighted by Crippen LogP contribution is 2.61. The molecule has 0 unspecified atom stereocenters. The molecular formula is C22H33N3O4S. The van der Waals surface area contributed by atoms with Crippen LogP contribution in [-0.4, -0.2) is 54.5 Å². The Bertz CT molecular complexity index is 846. The molecule has 1 saturated heterocycles. The van der Waals surface area contributed by atoms with Gasteiger partial charge in [-0.05, 0) is 74.5 Å². The summed E-state index contributed by atoms with van der Waals surface area (Å²) in [7, 11) is -3.12. The zero-order chi connectivity index (χ0) is 21.1. The second kappa shape index (κ2) is 7.31. The molecule has 0 aromatic carbocycles. The summed E-state index contributed by atoms with van der Waals surface area (Å²) in [5, 5.41) is 8.96. The van der Waals surface area contributed by atoms with Crippen LogP contribution in [0.15, 0.2) is 5.10 Å². The summed E-state index contributed by atoms with van der Waals surface area (Å²) >= 11 is 0. The van der Waals surface area contributed by atoms with Crippen molar-refractivity contribution >= 4 is 27.4 Å². The zero-order valence-electron chi connectivity index (χ0n) is 17.8. The number of hydrogen-bond donors (Lipinski definition) is 1. The maximum Gasteiger partial charge on any atom is 0.267 e. The number of hydrazone groups is 1. The first kappa shape index (κ1) is 20.5. The molecule has 1 N–H and O–H groups in total. The van der Waals surface area contributed by atoms with Gasteiger partial charge in [0.15, 0.2) is 9.84 Å². The molecule has 0 spiro atoms. The summed E-state index contributed by atoms with van der Waals surface area (Å²) in [6.45, 7) is 2.16. The van der Waals surface area contributed by atoms with E-state index in [1.54, 1.807) is 0 Å². The topological polar surface area (TPSA) is 95.9 Å². The van der Waals surface area contributed by atoms with E-state index in [0.29, 0.717) is 18.6 Å². The molecule has 6 rings (SSSR count). The van der Waals surface area contributed by atoms with Crippen LogP contribution in [0.2, 0.25) is 0 Å². The third-order valence-corrected chi connectivity index (χ3v) is 10.2. The van der Waals surface area contributed by atoms with E-state index in [4.69, 9.17) is 0 Å². The molecule has 4 bridgehead atoms. The summed E-state index contributed by atoms with van der Waals surface area (Å²) < 4.78 is 23.7. The second-order valence-corrected chi connectivity index (χ2v) is 12.8. The number of amides is 2.